The maximum Gasteiger partial charge on any atom is 0.361 e. The zero-order valence-corrected chi connectivity index (χ0v) is 16.5. The molecule has 1 heterocycles. The quantitative estimate of drug-likeness (QED) is 0.360. The summed E-state index contributed by atoms with van der Waals surface area (Å²) in [6.07, 6.45) is 1.18. The highest BCUT2D eigenvalue weighted by molar-refractivity contribution is 8.15. The van der Waals surface area contributed by atoms with Crippen LogP contribution in [0, 0.1) is 0 Å². The predicted molar refractivity (Wildman–Crippen MR) is 104 cm³/mol. The molecule has 2 rings (SSSR count). The number of aliphatic carboxylic acids is 1. The minimum Gasteiger partial charge on any atom is -0.481 e. The van der Waals surface area contributed by atoms with Crippen LogP contribution < -0.4 is 10.6 Å². The molecule has 146 valence electrons. The maximum atomic E-state index is 12.7. The lowest BCUT2D eigenvalue weighted by Gasteiger charge is -2.16. The Bertz CT molecular complexity index is 786. The summed E-state index contributed by atoms with van der Waals surface area (Å²) in [5, 5.41) is 19.0. The Kier molecular flexibility index (Phi) is 7.73. The summed E-state index contributed by atoms with van der Waals surface area (Å²) in [5.74, 6) is -1.45. The van der Waals surface area contributed by atoms with Crippen molar-refractivity contribution in [2.24, 2.45) is 10.2 Å². The summed E-state index contributed by atoms with van der Waals surface area (Å²) in [6.45, 7) is 4.02. The summed E-state index contributed by atoms with van der Waals surface area (Å²) < 4.78 is 23.2. The molecule has 2 N–H and O–H groups in total. The second-order valence-electron chi connectivity index (χ2n) is 5.27. The van der Waals surface area contributed by atoms with Crippen molar-refractivity contribution in [1.29, 1.82) is 0 Å². The highest BCUT2D eigenvalue weighted by atomic mass is 32.2. The van der Waals surface area contributed by atoms with Crippen LogP contribution >= 0.6 is 19.4 Å². The van der Waals surface area contributed by atoms with Gasteiger partial charge in [0.25, 0.3) is 0 Å². The number of amides is 1. The van der Waals surface area contributed by atoms with Gasteiger partial charge in [-0.05, 0) is 31.5 Å². The fourth-order valence-electron chi connectivity index (χ4n) is 2.16. The first kappa shape index (κ1) is 21.3. The third-order valence-corrected chi connectivity index (χ3v) is 6.50. The van der Waals surface area contributed by atoms with Gasteiger partial charge in [0.15, 0.2) is 5.17 Å². The van der Waals surface area contributed by atoms with E-state index in [1.54, 1.807) is 38.1 Å². The van der Waals surface area contributed by atoms with Crippen molar-refractivity contribution < 1.29 is 28.3 Å². The van der Waals surface area contributed by atoms with Crippen LogP contribution in [-0.2, 0) is 23.2 Å². The van der Waals surface area contributed by atoms with E-state index in [0.29, 0.717) is 10.9 Å². The van der Waals surface area contributed by atoms with Crippen LogP contribution in [0.2, 0.25) is 0 Å². The zero-order chi connectivity index (χ0) is 19.9. The van der Waals surface area contributed by atoms with Crippen LogP contribution in [0.25, 0.3) is 0 Å². The fraction of sp³-hybridized carbons (Fsp3) is 0.375. The number of carbonyl (C=O) groups excluding carboxylic acids is 1. The van der Waals surface area contributed by atoms with Crippen molar-refractivity contribution in [3.05, 3.63) is 29.8 Å². The molecule has 0 saturated carbocycles. The van der Waals surface area contributed by atoms with Crippen LogP contribution in [0.1, 0.15) is 25.8 Å². The number of rotatable bonds is 9. The van der Waals surface area contributed by atoms with Crippen LogP contribution in [-0.4, -0.2) is 46.8 Å². The number of hydrogen-bond acceptors (Lipinski definition) is 8. The number of amidine groups is 1. The Hall–Kier alpha value is -2.00. The highest BCUT2D eigenvalue weighted by Crippen LogP contribution is 2.46. The van der Waals surface area contributed by atoms with Crippen molar-refractivity contribution in [3.8, 4) is 0 Å². The normalized spacial score (nSPS) is 19.0. The number of carboxylic acid groups (broad SMARTS) is 1. The van der Waals surface area contributed by atoms with Gasteiger partial charge in [-0.25, -0.2) is 0 Å². The molecule has 0 aliphatic carbocycles. The summed E-state index contributed by atoms with van der Waals surface area (Å²) in [6, 6.07) is 6.65. The molecule has 1 saturated heterocycles. The molecule has 0 aromatic heterocycles. The number of carboxylic acids is 1. The topological polar surface area (TPSA) is 127 Å². The van der Waals surface area contributed by atoms with Gasteiger partial charge in [-0.3, -0.25) is 14.2 Å². The van der Waals surface area contributed by atoms with Gasteiger partial charge in [0, 0.05) is 0 Å². The Morgan fingerprint density at radius 2 is 1.93 bits per heavy atom. The second-order valence-corrected chi connectivity index (χ2v) is 8.49. The van der Waals surface area contributed by atoms with Crippen molar-refractivity contribution in [3.63, 3.8) is 0 Å². The largest absolute Gasteiger partial charge is 0.481 e. The molecule has 1 aliphatic rings. The van der Waals surface area contributed by atoms with E-state index in [9.17, 15) is 14.2 Å². The number of thioether (sulfide) groups is 1. The number of nitrogens with zero attached hydrogens (tertiary/aromatic N) is 2. The summed E-state index contributed by atoms with van der Waals surface area (Å²) in [5.41, 5.74) is 0.694. The van der Waals surface area contributed by atoms with Crippen molar-refractivity contribution in [2.75, 3.05) is 13.2 Å². The van der Waals surface area contributed by atoms with Crippen LogP contribution in [0.3, 0.4) is 0 Å². The first-order valence-corrected chi connectivity index (χ1v) is 10.6. The molecule has 0 spiro atoms. The predicted octanol–water partition coefficient (Wildman–Crippen LogP) is 1.97. The van der Waals surface area contributed by atoms with Gasteiger partial charge >= 0.3 is 13.6 Å². The van der Waals surface area contributed by atoms with Crippen molar-refractivity contribution in [1.82, 2.24) is 5.32 Å². The number of hydrogen-bond donors (Lipinski definition) is 2. The molecule has 0 bridgehead atoms. The van der Waals surface area contributed by atoms with E-state index in [4.69, 9.17) is 14.2 Å². The average Bonchev–Trinajstić information content (AvgIpc) is 2.95. The Morgan fingerprint density at radius 3 is 2.48 bits per heavy atom. The van der Waals surface area contributed by atoms with E-state index in [2.05, 4.69) is 15.5 Å². The van der Waals surface area contributed by atoms with E-state index in [1.807, 2.05) is 0 Å². The SMILES string of the molecule is CCOP(=O)(OCC)c1ccc(C=NN=C2NC(=O)C(CC(=O)O)S2)cc1. The second kappa shape index (κ2) is 9.80. The fourth-order valence-corrected chi connectivity index (χ4v) is 4.64. The van der Waals surface area contributed by atoms with Gasteiger partial charge in [0.05, 0.1) is 31.2 Å². The molecule has 1 amide bonds. The van der Waals surface area contributed by atoms with Gasteiger partial charge in [0.2, 0.25) is 5.91 Å². The number of carbonyl (C=O) groups is 2. The third kappa shape index (κ3) is 6.00. The standard InChI is InChI=1S/C16H20N3O6PS/c1-3-24-26(23,25-4-2)12-7-5-11(6-8-12)10-17-19-16-18-15(22)13(27-16)9-14(20)21/h5-8,10,13H,3-4,9H2,1-2H3,(H,20,21)(H,18,19,22). The lowest BCUT2D eigenvalue weighted by Crippen LogP contribution is -2.26. The molecule has 1 aromatic carbocycles. The van der Waals surface area contributed by atoms with Gasteiger partial charge in [-0.2, -0.15) is 5.10 Å². The van der Waals surface area contributed by atoms with Crippen molar-refractivity contribution >= 4 is 47.9 Å². The lowest BCUT2D eigenvalue weighted by molar-refractivity contribution is -0.138. The molecular weight excluding hydrogens is 393 g/mol. The van der Waals surface area contributed by atoms with E-state index < -0.39 is 24.7 Å². The van der Waals surface area contributed by atoms with E-state index in [0.717, 1.165) is 11.8 Å². The highest BCUT2D eigenvalue weighted by Gasteiger charge is 2.32. The third-order valence-electron chi connectivity index (χ3n) is 3.30. The maximum absolute atomic E-state index is 12.7. The first-order chi connectivity index (χ1) is 12.9. The molecule has 27 heavy (non-hydrogen) atoms. The van der Waals surface area contributed by atoms with Gasteiger partial charge < -0.3 is 19.5 Å². The first-order valence-electron chi connectivity index (χ1n) is 8.18. The Labute approximate surface area is 160 Å². The Morgan fingerprint density at radius 1 is 1.30 bits per heavy atom. The monoisotopic (exact) mass is 413 g/mol. The molecule has 11 heteroatoms. The molecule has 0 radical (unpaired) electrons. The minimum atomic E-state index is -3.33. The smallest absolute Gasteiger partial charge is 0.361 e. The summed E-state index contributed by atoms with van der Waals surface area (Å²) in [4.78, 5) is 22.3. The minimum absolute atomic E-state index is 0.247. The molecule has 1 unspecified atom stereocenters. The molecule has 9 nitrogen and oxygen atoms in total. The van der Waals surface area contributed by atoms with Gasteiger partial charge in [-0.1, -0.05) is 23.9 Å². The number of benzene rings is 1. The lowest BCUT2D eigenvalue weighted by atomic mass is 10.2. The molecule has 1 fully saturated rings. The average molecular weight is 413 g/mol. The summed E-state index contributed by atoms with van der Waals surface area (Å²) in [7, 11) is -3.33. The van der Waals surface area contributed by atoms with E-state index >= 15 is 0 Å². The van der Waals surface area contributed by atoms with Crippen LogP contribution in [0.4, 0.5) is 0 Å². The van der Waals surface area contributed by atoms with Crippen LogP contribution in [0.15, 0.2) is 34.5 Å². The zero-order valence-electron chi connectivity index (χ0n) is 14.8. The van der Waals surface area contributed by atoms with Gasteiger partial charge in [-0.15, -0.1) is 5.10 Å². The number of nitrogens with one attached hydrogen (secondary N) is 1. The molecular formula is C16H20N3O6PS. The van der Waals surface area contributed by atoms with Crippen molar-refractivity contribution in [2.45, 2.75) is 25.5 Å². The summed E-state index contributed by atoms with van der Waals surface area (Å²) >= 11 is 1.02. The molecule has 1 atom stereocenters. The van der Waals surface area contributed by atoms with E-state index in [-0.39, 0.29) is 24.8 Å². The van der Waals surface area contributed by atoms with Crippen LogP contribution in [0.5, 0.6) is 0 Å². The molecule has 1 aliphatic heterocycles. The molecule has 1 aromatic rings. The van der Waals surface area contributed by atoms with Gasteiger partial charge in [0.1, 0.15) is 5.25 Å². The van der Waals surface area contributed by atoms with E-state index in [1.165, 1.54) is 6.21 Å². The Balaban J connectivity index is 2.03.